The number of nitrogens with zero attached hydrogens (tertiary/aromatic N) is 3. The van der Waals surface area contributed by atoms with Gasteiger partial charge in [0, 0.05) is 18.9 Å². The predicted molar refractivity (Wildman–Crippen MR) is 82.5 cm³/mol. The lowest BCUT2D eigenvalue weighted by molar-refractivity contribution is 0.673. The van der Waals surface area contributed by atoms with Crippen LogP contribution in [0, 0.1) is 0 Å². The van der Waals surface area contributed by atoms with Crippen molar-refractivity contribution in [3.8, 4) is 5.82 Å². The summed E-state index contributed by atoms with van der Waals surface area (Å²) in [7, 11) is 0. The van der Waals surface area contributed by atoms with Crippen LogP contribution in [0.25, 0.3) is 5.82 Å². The first-order chi connectivity index (χ1) is 9.61. The summed E-state index contributed by atoms with van der Waals surface area (Å²) < 4.78 is 1.74. The fourth-order valence-corrected chi connectivity index (χ4v) is 2.18. The molecular formula is C15H21ClN4. The van der Waals surface area contributed by atoms with Crippen molar-refractivity contribution in [1.82, 2.24) is 20.1 Å². The molecule has 2 heterocycles. The molecule has 0 bridgehead atoms. The highest BCUT2D eigenvalue weighted by atomic mass is 35.5. The number of nitrogens with one attached hydrogen (secondary N) is 1. The van der Waals surface area contributed by atoms with Gasteiger partial charge in [-0.05, 0) is 36.6 Å². The summed E-state index contributed by atoms with van der Waals surface area (Å²) >= 11 is 6.31. The smallest absolute Gasteiger partial charge is 0.172 e. The van der Waals surface area contributed by atoms with Crippen molar-refractivity contribution in [2.45, 2.75) is 39.7 Å². The number of hydrogen-bond donors (Lipinski definition) is 1. The van der Waals surface area contributed by atoms with E-state index in [9.17, 15) is 0 Å². The van der Waals surface area contributed by atoms with Gasteiger partial charge in [0.2, 0.25) is 0 Å². The standard InChI is InChI=1S/C15H21ClN4/c1-4-6-17-9-12-8-13(16)15(18-10-12)20-7-5-14(19-20)11(2)3/h5,7-8,10-11,17H,4,6,9H2,1-3H3. The molecule has 0 aliphatic carbocycles. The molecule has 20 heavy (non-hydrogen) atoms. The van der Waals surface area contributed by atoms with Crippen molar-refractivity contribution < 1.29 is 0 Å². The lowest BCUT2D eigenvalue weighted by atomic mass is 10.1. The molecule has 2 aromatic heterocycles. The third-order valence-electron chi connectivity index (χ3n) is 3.05. The Balaban J connectivity index is 2.16. The molecule has 1 N–H and O–H groups in total. The van der Waals surface area contributed by atoms with Gasteiger partial charge in [-0.1, -0.05) is 32.4 Å². The molecule has 0 atom stereocenters. The molecule has 0 aliphatic heterocycles. The molecule has 0 unspecified atom stereocenters. The summed E-state index contributed by atoms with van der Waals surface area (Å²) in [6.45, 7) is 8.16. The van der Waals surface area contributed by atoms with Gasteiger partial charge < -0.3 is 5.32 Å². The van der Waals surface area contributed by atoms with Gasteiger partial charge in [-0.25, -0.2) is 9.67 Å². The number of halogens is 1. The molecule has 0 saturated carbocycles. The van der Waals surface area contributed by atoms with Crippen molar-refractivity contribution in [1.29, 1.82) is 0 Å². The largest absolute Gasteiger partial charge is 0.313 e. The third-order valence-corrected chi connectivity index (χ3v) is 3.33. The van der Waals surface area contributed by atoms with Crippen molar-refractivity contribution in [3.05, 3.63) is 40.8 Å². The van der Waals surface area contributed by atoms with Crippen LogP contribution in [0.1, 0.15) is 44.4 Å². The number of hydrogen-bond acceptors (Lipinski definition) is 3. The van der Waals surface area contributed by atoms with Crippen molar-refractivity contribution in [3.63, 3.8) is 0 Å². The van der Waals surface area contributed by atoms with E-state index in [1.165, 1.54) is 0 Å². The van der Waals surface area contributed by atoms with E-state index < -0.39 is 0 Å². The Hall–Kier alpha value is -1.39. The molecule has 0 aromatic carbocycles. The van der Waals surface area contributed by atoms with Crippen LogP contribution in [0.2, 0.25) is 5.02 Å². The molecule has 2 aromatic rings. The van der Waals surface area contributed by atoms with E-state index in [-0.39, 0.29) is 0 Å². The van der Waals surface area contributed by atoms with Gasteiger partial charge in [0.15, 0.2) is 5.82 Å². The lowest BCUT2D eigenvalue weighted by Gasteiger charge is -2.07. The van der Waals surface area contributed by atoms with E-state index in [1.807, 2.05) is 24.5 Å². The third kappa shape index (κ3) is 3.58. The zero-order valence-corrected chi connectivity index (χ0v) is 13.0. The zero-order chi connectivity index (χ0) is 14.5. The average molecular weight is 293 g/mol. The van der Waals surface area contributed by atoms with Gasteiger partial charge >= 0.3 is 0 Å². The summed E-state index contributed by atoms with van der Waals surface area (Å²) in [6, 6.07) is 3.95. The Morgan fingerprint density at radius 2 is 2.20 bits per heavy atom. The Morgan fingerprint density at radius 3 is 2.80 bits per heavy atom. The van der Waals surface area contributed by atoms with Crippen molar-refractivity contribution >= 4 is 11.6 Å². The molecule has 0 amide bonds. The summed E-state index contributed by atoms with van der Waals surface area (Å²) in [6.07, 6.45) is 4.86. The van der Waals surface area contributed by atoms with Crippen molar-refractivity contribution in [2.24, 2.45) is 0 Å². The predicted octanol–water partition coefficient (Wildman–Crippen LogP) is 3.54. The van der Waals surface area contributed by atoms with E-state index in [0.29, 0.717) is 16.8 Å². The van der Waals surface area contributed by atoms with Gasteiger partial charge in [-0.15, -0.1) is 0 Å². The highest BCUT2D eigenvalue weighted by Crippen LogP contribution is 2.20. The minimum absolute atomic E-state index is 0.396. The van der Waals surface area contributed by atoms with Crippen LogP contribution in [-0.4, -0.2) is 21.3 Å². The number of pyridine rings is 1. The zero-order valence-electron chi connectivity index (χ0n) is 12.2. The number of rotatable bonds is 6. The fourth-order valence-electron chi connectivity index (χ4n) is 1.91. The molecule has 0 spiro atoms. The highest BCUT2D eigenvalue weighted by molar-refractivity contribution is 6.32. The topological polar surface area (TPSA) is 42.7 Å². The van der Waals surface area contributed by atoms with Gasteiger partial charge in [-0.3, -0.25) is 0 Å². The van der Waals surface area contributed by atoms with Gasteiger partial charge in [0.25, 0.3) is 0 Å². The summed E-state index contributed by atoms with van der Waals surface area (Å²) in [5.74, 6) is 1.07. The Bertz CT molecular complexity index is 563. The SMILES string of the molecule is CCCNCc1cnc(-n2ccc(C(C)C)n2)c(Cl)c1. The van der Waals surface area contributed by atoms with E-state index >= 15 is 0 Å². The Kier molecular flexibility index (Phi) is 5.15. The maximum absolute atomic E-state index is 6.31. The van der Waals surface area contributed by atoms with E-state index in [2.05, 4.69) is 36.2 Å². The Labute approximate surface area is 125 Å². The van der Waals surface area contributed by atoms with E-state index in [1.54, 1.807) is 4.68 Å². The molecule has 5 heteroatoms. The summed E-state index contributed by atoms with van der Waals surface area (Å²) in [5, 5.41) is 8.46. The fraction of sp³-hybridized carbons (Fsp3) is 0.467. The van der Waals surface area contributed by atoms with Gasteiger partial charge in [0.1, 0.15) is 0 Å². The molecular weight excluding hydrogens is 272 g/mol. The van der Waals surface area contributed by atoms with Crippen LogP contribution in [0.5, 0.6) is 0 Å². The maximum Gasteiger partial charge on any atom is 0.172 e. The average Bonchev–Trinajstić information content (AvgIpc) is 2.89. The first-order valence-corrected chi connectivity index (χ1v) is 7.40. The van der Waals surface area contributed by atoms with Gasteiger partial charge in [-0.2, -0.15) is 5.10 Å². The van der Waals surface area contributed by atoms with Crippen LogP contribution in [0.15, 0.2) is 24.5 Å². The molecule has 108 valence electrons. The van der Waals surface area contributed by atoms with Crippen LogP contribution < -0.4 is 5.32 Å². The Morgan fingerprint density at radius 1 is 1.40 bits per heavy atom. The minimum Gasteiger partial charge on any atom is -0.313 e. The number of aromatic nitrogens is 3. The van der Waals surface area contributed by atoms with Crippen LogP contribution in [0.3, 0.4) is 0 Å². The van der Waals surface area contributed by atoms with E-state index in [0.717, 1.165) is 30.8 Å². The normalized spacial score (nSPS) is 11.2. The second-order valence-corrected chi connectivity index (χ2v) is 5.57. The van der Waals surface area contributed by atoms with Crippen LogP contribution >= 0.6 is 11.6 Å². The molecule has 0 aliphatic rings. The van der Waals surface area contributed by atoms with Gasteiger partial charge in [0.05, 0.1) is 10.7 Å². The highest BCUT2D eigenvalue weighted by Gasteiger charge is 2.09. The first-order valence-electron chi connectivity index (χ1n) is 7.03. The summed E-state index contributed by atoms with van der Waals surface area (Å²) in [4.78, 5) is 4.43. The second-order valence-electron chi connectivity index (χ2n) is 5.17. The lowest BCUT2D eigenvalue weighted by Crippen LogP contribution is -2.14. The quantitative estimate of drug-likeness (QED) is 0.828. The molecule has 0 saturated heterocycles. The molecule has 4 nitrogen and oxygen atoms in total. The van der Waals surface area contributed by atoms with Crippen LogP contribution in [0.4, 0.5) is 0 Å². The summed E-state index contributed by atoms with van der Waals surface area (Å²) in [5.41, 5.74) is 2.12. The molecule has 0 radical (unpaired) electrons. The first kappa shape index (κ1) is 15.0. The monoisotopic (exact) mass is 292 g/mol. The molecule has 2 rings (SSSR count). The minimum atomic E-state index is 0.396. The molecule has 0 fully saturated rings. The second kappa shape index (κ2) is 6.86. The van der Waals surface area contributed by atoms with Crippen LogP contribution in [-0.2, 0) is 6.54 Å². The van der Waals surface area contributed by atoms with Crippen molar-refractivity contribution in [2.75, 3.05) is 6.54 Å². The maximum atomic E-state index is 6.31. The van der Waals surface area contributed by atoms with E-state index in [4.69, 9.17) is 11.6 Å².